The minimum atomic E-state index is -0.139. The van der Waals surface area contributed by atoms with Crippen LogP contribution in [0.4, 0.5) is 11.4 Å². The van der Waals surface area contributed by atoms with Crippen LogP contribution in [0.15, 0.2) is 30.3 Å². The van der Waals surface area contributed by atoms with Crippen molar-refractivity contribution in [2.45, 2.75) is 20.3 Å². The molecular weight excluding hydrogens is 370 g/mol. The number of carbonyl (C=O) groups is 1. The fourth-order valence-corrected chi connectivity index (χ4v) is 4.12. The number of nitrogens with one attached hydrogen (secondary N) is 3. The minimum absolute atomic E-state index is 0.139. The molecule has 6 nitrogen and oxygen atoms in total. The maximum Gasteiger partial charge on any atom is 0.263 e. The molecule has 0 aliphatic heterocycles. The first-order valence-electron chi connectivity index (χ1n) is 9.41. The molecule has 0 aliphatic rings. The zero-order chi connectivity index (χ0) is 20.1. The van der Waals surface area contributed by atoms with Gasteiger partial charge in [-0.25, -0.2) is 4.98 Å². The number of rotatable bonds is 8. The minimum Gasteiger partial charge on any atom is -0.397 e. The second-order valence-corrected chi connectivity index (χ2v) is 7.83. The average molecular weight is 398 g/mol. The van der Waals surface area contributed by atoms with Gasteiger partial charge in [-0.15, -0.1) is 11.3 Å². The molecule has 3 aromatic rings. The Hall–Kier alpha value is -2.64. The van der Waals surface area contributed by atoms with Crippen LogP contribution in [0.2, 0.25) is 0 Å². The van der Waals surface area contributed by atoms with E-state index >= 15 is 0 Å². The number of aromatic nitrogens is 1. The number of fused-ring (bicyclic) bond motifs is 1. The van der Waals surface area contributed by atoms with Gasteiger partial charge < -0.3 is 21.7 Å². The van der Waals surface area contributed by atoms with Crippen LogP contribution in [0, 0.1) is 13.8 Å². The number of nitrogen functional groups attached to an aromatic ring is 1. The quantitative estimate of drug-likeness (QED) is 0.439. The molecule has 0 unspecified atom stereocenters. The van der Waals surface area contributed by atoms with Gasteiger partial charge in [0, 0.05) is 36.4 Å². The summed E-state index contributed by atoms with van der Waals surface area (Å²) in [6.45, 7) is 6.39. The Labute approximate surface area is 169 Å². The Morgan fingerprint density at radius 3 is 2.71 bits per heavy atom. The van der Waals surface area contributed by atoms with Gasteiger partial charge in [-0.3, -0.25) is 4.79 Å². The lowest BCUT2D eigenvalue weighted by atomic mass is 10.1. The van der Waals surface area contributed by atoms with Gasteiger partial charge in [0.05, 0.1) is 5.69 Å². The molecule has 1 aromatic carbocycles. The number of nitrogens with two attached hydrogens (primary N) is 1. The van der Waals surface area contributed by atoms with Gasteiger partial charge in [-0.2, -0.15) is 0 Å². The number of nitrogens with zero attached hydrogens (tertiary/aromatic N) is 1. The van der Waals surface area contributed by atoms with Crippen molar-refractivity contribution < 1.29 is 4.79 Å². The van der Waals surface area contributed by atoms with Crippen molar-refractivity contribution in [2.75, 3.05) is 37.7 Å². The predicted molar refractivity (Wildman–Crippen MR) is 118 cm³/mol. The summed E-state index contributed by atoms with van der Waals surface area (Å²) >= 11 is 1.34. The molecular formula is C21H27N5OS. The lowest BCUT2D eigenvalue weighted by molar-refractivity contribution is 0.0959. The zero-order valence-corrected chi connectivity index (χ0v) is 17.4. The third kappa shape index (κ3) is 4.61. The Balaban J connectivity index is 1.58. The normalized spacial score (nSPS) is 11.0. The molecule has 0 radical (unpaired) electrons. The van der Waals surface area contributed by atoms with Gasteiger partial charge in [0.1, 0.15) is 9.71 Å². The van der Waals surface area contributed by atoms with Crippen LogP contribution in [0.5, 0.6) is 0 Å². The molecule has 2 heterocycles. The zero-order valence-electron chi connectivity index (χ0n) is 16.6. The smallest absolute Gasteiger partial charge is 0.263 e. The molecule has 7 heteroatoms. The molecule has 0 aliphatic carbocycles. The van der Waals surface area contributed by atoms with Crippen LogP contribution in [0.3, 0.4) is 0 Å². The summed E-state index contributed by atoms with van der Waals surface area (Å²) in [6.07, 6.45) is 0.769. The summed E-state index contributed by atoms with van der Waals surface area (Å²) in [5, 5.41) is 10.4. The first-order chi connectivity index (χ1) is 13.5. The third-order valence-electron chi connectivity index (χ3n) is 4.62. The average Bonchev–Trinajstić information content (AvgIpc) is 2.99. The van der Waals surface area contributed by atoms with Crippen LogP contribution in [-0.4, -0.2) is 37.6 Å². The maximum atomic E-state index is 12.6. The number of anilines is 2. The number of pyridine rings is 1. The van der Waals surface area contributed by atoms with E-state index in [0.717, 1.165) is 41.1 Å². The molecule has 28 heavy (non-hydrogen) atoms. The predicted octanol–water partition coefficient (Wildman–Crippen LogP) is 3.10. The molecule has 0 fully saturated rings. The summed E-state index contributed by atoms with van der Waals surface area (Å²) < 4.78 is 0. The second kappa shape index (κ2) is 9.03. The highest BCUT2D eigenvalue weighted by atomic mass is 32.1. The molecule has 2 aromatic heterocycles. The van der Waals surface area contributed by atoms with Crippen LogP contribution < -0.4 is 21.7 Å². The Bertz CT molecular complexity index is 982. The summed E-state index contributed by atoms with van der Waals surface area (Å²) in [6, 6.07) is 10.2. The van der Waals surface area contributed by atoms with E-state index < -0.39 is 0 Å². The van der Waals surface area contributed by atoms with Gasteiger partial charge in [0.15, 0.2) is 0 Å². The molecule has 0 atom stereocenters. The van der Waals surface area contributed by atoms with E-state index in [1.807, 2.05) is 26.1 Å². The van der Waals surface area contributed by atoms with E-state index in [-0.39, 0.29) is 5.91 Å². The first-order valence-corrected chi connectivity index (χ1v) is 10.2. The topological polar surface area (TPSA) is 92.1 Å². The van der Waals surface area contributed by atoms with Crippen molar-refractivity contribution in [2.24, 2.45) is 0 Å². The number of amides is 1. The Morgan fingerprint density at radius 1 is 1.14 bits per heavy atom. The monoisotopic (exact) mass is 397 g/mol. The lowest BCUT2D eigenvalue weighted by Gasteiger charge is -2.11. The van der Waals surface area contributed by atoms with E-state index in [1.54, 1.807) is 0 Å². The van der Waals surface area contributed by atoms with E-state index in [4.69, 9.17) is 5.73 Å². The molecule has 5 N–H and O–H groups in total. The van der Waals surface area contributed by atoms with E-state index in [1.165, 1.54) is 22.5 Å². The molecule has 0 saturated heterocycles. The summed E-state index contributed by atoms with van der Waals surface area (Å²) in [4.78, 5) is 18.4. The summed E-state index contributed by atoms with van der Waals surface area (Å²) in [7, 11) is 1.94. The fraction of sp³-hybridized carbons (Fsp3) is 0.333. The van der Waals surface area contributed by atoms with Crippen molar-refractivity contribution in [1.29, 1.82) is 0 Å². The van der Waals surface area contributed by atoms with Crippen LogP contribution >= 0.6 is 11.3 Å². The highest BCUT2D eigenvalue weighted by molar-refractivity contribution is 7.21. The number of hydrogen-bond acceptors (Lipinski definition) is 6. The number of benzene rings is 1. The van der Waals surface area contributed by atoms with Gasteiger partial charge in [-0.1, -0.05) is 12.1 Å². The molecule has 3 rings (SSSR count). The van der Waals surface area contributed by atoms with Crippen LogP contribution in [-0.2, 0) is 6.42 Å². The number of likely N-dealkylation sites (N-methyl/N-ethyl adjacent to an activating group) is 1. The summed E-state index contributed by atoms with van der Waals surface area (Å²) in [5.74, 6) is -0.139. The third-order valence-corrected chi connectivity index (χ3v) is 5.73. The SMILES string of the molecule is CNCCNc1ccc(CCNC(=O)c2sc3nc(C)ccc3c2N)cc1C. The Morgan fingerprint density at radius 2 is 1.96 bits per heavy atom. The molecule has 1 amide bonds. The van der Waals surface area contributed by atoms with Gasteiger partial charge in [0.2, 0.25) is 0 Å². The van der Waals surface area contributed by atoms with Crippen molar-refractivity contribution in [3.05, 3.63) is 52.0 Å². The van der Waals surface area contributed by atoms with E-state index in [0.29, 0.717) is 17.1 Å². The fourth-order valence-electron chi connectivity index (χ4n) is 3.06. The molecule has 0 bridgehead atoms. The standard InChI is InChI=1S/C21H27N5OS/c1-13-12-15(5-7-17(13)24-11-10-23-3)8-9-25-20(27)19-18(22)16-6-4-14(2)26-21(16)28-19/h4-7,12,23-24H,8-11,22H2,1-3H3,(H,25,27). The highest BCUT2D eigenvalue weighted by Gasteiger charge is 2.16. The molecule has 148 valence electrons. The van der Waals surface area contributed by atoms with Crippen molar-refractivity contribution in [3.63, 3.8) is 0 Å². The van der Waals surface area contributed by atoms with Crippen molar-refractivity contribution in [3.8, 4) is 0 Å². The van der Waals surface area contributed by atoms with Crippen LogP contribution in [0.25, 0.3) is 10.2 Å². The Kier molecular flexibility index (Phi) is 6.49. The van der Waals surface area contributed by atoms with Gasteiger partial charge >= 0.3 is 0 Å². The van der Waals surface area contributed by atoms with Gasteiger partial charge in [-0.05, 0) is 56.6 Å². The van der Waals surface area contributed by atoms with E-state index in [2.05, 4.69) is 46.1 Å². The highest BCUT2D eigenvalue weighted by Crippen LogP contribution is 2.32. The van der Waals surface area contributed by atoms with E-state index in [9.17, 15) is 4.79 Å². The lowest BCUT2D eigenvalue weighted by Crippen LogP contribution is -2.25. The first kappa shape index (κ1) is 20.1. The molecule has 0 spiro atoms. The number of thiophene rings is 1. The van der Waals surface area contributed by atoms with Crippen LogP contribution in [0.1, 0.15) is 26.5 Å². The second-order valence-electron chi connectivity index (χ2n) is 6.84. The number of hydrogen-bond donors (Lipinski definition) is 4. The summed E-state index contributed by atoms with van der Waals surface area (Å²) in [5.41, 5.74) is 11.1. The molecule has 0 saturated carbocycles. The van der Waals surface area contributed by atoms with Gasteiger partial charge in [0.25, 0.3) is 5.91 Å². The maximum absolute atomic E-state index is 12.6. The number of carbonyl (C=O) groups excluding carboxylic acids is 1. The number of aryl methyl sites for hydroxylation is 2. The van der Waals surface area contributed by atoms with Crippen molar-refractivity contribution >= 4 is 38.8 Å². The largest absolute Gasteiger partial charge is 0.397 e. The van der Waals surface area contributed by atoms with Crippen molar-refractivity contribution in [1.82, 2.24) is 15.6 Å².